The third kappa shape index (κ3) is 3.70. The molecule has 1 N–H and O–H groups in total. The van der Waals surface area contributed by atoms with E-state index in [2.05, 4.69) is 17.1 Å². The number of benzene rings is 1. The molecule has 0 heterocycles. The Morgan fingerprint density at radius 2 is 1.89 bits per heavy atom. The van der Waals surface area contributed by atoms with E-state index >= 15 is 0 Å². The Kier molecular flexibility index (Phi) is 5.00. The van der Waals surface area contributed by atoms with Crippen molar-refractivity contribution in [3.05, 3.63) is 30.1 Å². The van der Waals surface area contributed by atoms with Crippen LogP contribution in [0.2, 0.25) is 0 Å². The molecule has 1 aromatic rings. The smallest absolute Gasteiger partial charge is 0.123 e. The minimum atomic E-state index is -0.179. The summed E-state index contributed by atoms with van der Waals surface area (Å²) in [5.74, 6) is -0.179. The highest BCUT2D eigenvalue weighted by molar-refractivity contribution is 5.42. The molecule has 0 bridgehead atoms. The summed E-state index contributed by atoms with van der Waals surface area (Å²) in [5.41, 5.74) is 0.999. The molecule has 0 radical (unpaired) electrons. The molecular weight excluding hydrogens is 227 g/mol. The zero-order chi connectivity index (χ0) is 12.8. The van der Waals surface area contributed by atoms with E-state index in [1.165, 1.54) is 37.8 Å². The normalized spacial score (nSPS) is 16.4. The second-order valence-electron chi connectivity index (χ2n) is 5.00. The van der Waals surface area contributed by atoms with Gasteiger partial charge in [0, 0.05) is 24.8 Å². The van der Waals surface area contributed by atoms with Gasteiger partial charge in [-0.15, -0.1) is 0 Å². The molecule has 1 aliphatic carbocycles. The van der Waals surface area contributed by atoms with Crippen LogP contribution in [0.5, 0.6) is 0 Å². The van der Waals surface area contributed by atoms with Crippen LogP contribution in [0, 0.1) is 5.82 Å². The van der Waals surface area contributed by atoms with Gasteiger partial charge in [-0.2, -0.15) is 0 Å². The molecule has 1 fully saturated rings. The van der Waals surface area contributed by atoms with Crippen LogP contribution in [0.3, 0.4) is 0 Å². The molecule has 3 heteroatoms. The van der Waals surface area contributed by atoms with E-state index < -0.39 is 0 Å². The molecule has 0 unspecified atom stereocenters. The number of hydrogen-bond acceptors (Lipinski definition) is 2. The van der Waals surface area contributed by atoms with Crippen molar-refractivity contribution in [2.45, 2.75) is 38.6 Å². The van der Waals surface area contributed by atoms with Crippen molar-refractivity contribution in [1.82, 2.24) is 4.90 Å². The first-order valence-electron chi connectivity index (χ1n) is 7.03. The maximum absolute atomic E-state index is 12.8. The Labute approximate surface area is 109 Å². The van der Waals surface area contributed by atoms with Crippen molar-refractivity contribution >= 4 is 5.69 Å². The lowest BCUT2D eigenvalue weighted by atomic mass is 10.2. The Balaban J connectivity index is 1.74. The van der Waals surface area contributed by atoms with Gasteiger partial charge in [0.25, 0.3) is 0 Å². The number of nitrogens with one attached hydrogen (secondary N) is 1. The van der Waals surface area contributed by atoms with Crippen LogP contribution in [0.15, 0.2) is 24.3 Å². The van der Waals surface area contributed by atoms with Crippen molar-refractivity contribution < 1.29 is 4.39 Å². The van der Waals surface area contributed by atoms with E-state index in [1.54, 1.807) is 12.1 Å². The van der Waals surface area contributed by atoms with Gasteiger partial charge in [0.1, 0.15) is 5.82 Å². The Morgan fingerprint density at radius 3 is 2.50 bits per heavy atom. The number of anilines is 1. The lowest BCUT2D eigenvalue weighted by Gasteiger charge is -2.27. The van der Waals surface area contributed by atoms with Crippen LogP contribution >= 0.6 is 0 Å². The molecule has 2 nitrogen and oxygen atoms in total. The van der Waals surface area contributed by atoms with Gasteiger partial charge in [0.15, 0.2) is 0 Å². The molecule has 1 aromatic carbocycles. The zero-order valence-corrected chi connectivity index (χ0v) is 11.2. The molecule has 0 aliphatic heterocycles. The van der Waals surface area contributed by atoms with E-state index in [1.807, 2.05) is 0 Å². The third-order valence-electron chi connectivity index (χ3n) is 3.82. The molecule has 0 aromatic heterocycles. The lowest BCUT2D eigenvalue weighted by Crippen LogP contribution is -2.36. The third-order valence-corrected chi connectivity index (χ3v) is 3.82. The minimum Gasteiger partial charge on any atom is -0.384 e. The second-order valence-corrected chi connectivity index (χ2v) is 5.00. The number of hydrogen-bond donors (Lipinski definition) is 1. The van der Waals surface area contributed by atoms with Gasteiger partial charge in [-0.1, -0.05) is 19.8 Å². The summed E-state index contributed by atoms with van der Waals surface area (Å²) in [7, 11) is 0. The fourth-order valence-electron chi connectivity index (χ4n) is 2.78. The van der Waals surface area contributed by atoms with E-state index in [4.69, 9.17) is 0 Å². The molecule has 0 amide bonds. The van der Waals surface area contributed by atoms with Crippen LogP contribution in [-0.4, -0.2) is 30.6 Å². The van der Waals surface area contributed by atoms with Crippen LogP contribution in [-0.2, 0) is 0 Å². The van der Waals surface area contributed by atoms with Gasteiger partial charge in [-0.3, -0.25) is 4.90 Å². The topological polar surface area (TPSA) is 15.3 Å². The van der Waals surface area contributed by atoms with E-state index in [-0.39, 0.29) is 5.82 Å². The standard InChI is InChI=1S/C15H23FN2/c1-2-18(15-5-3-4-6-15)12-11-17-14-9-7-13(16)8-10-14/h7-10,15,17H,2-6,11-12H2,1H3. The monoisotopic (exact) mass is 250 g/mol. The van der Waals surface area contributed by atoms with Crippen molar-refractivity contribution in [2.24, 2.45) is 0 Å². The quantitative estimate of drug-likeness (QED) is 0.831. The van der Waals surface area contributed by atoms with Crippen LogP contribution < -0.4 is 5.32 Å². The van der Waals surface area contributed by atoms with Crippen molar-refractivity contribution in [1.29, 1.82) is 0 Å². The maximum atomic E-state index is 12.8. The first kappa shape index (κ1) is 13.3. The highest BCUT2D eigenvalue weighted by Crippen LogP contribution is 2.22. The molecule has 0 saturated heterocycles. The average molecular weight is 250 g/mol. The van der Waals surface area contributed by atoms with Crippen molar-refractivity contribution in [3.8, 4) is 0 Å². The summed E-state index contributed by atoms with van der Waals surface area (Å²) >= 11 is 0. The summed E-state index contributed by atoms with van der Waals surface area (Å²) in [6.45, 7) is 5.35. The lowest BCUT2D eigenvalue weighted by molar-refractivity contribution is 0.217. The highest BCUT2D eigenvalue weighted by Gasteiger charge is 2.20. The van der Waals surface area contributed by atoms with Gasteiger partial charge in [0.05, 0.1) is 0 Å². The van der Waals surface area contributed by atoms with Gasteiger partial charge in [0.2, 0.25) is 0 Å². The summed E-state index contributed by atoms with van der Waals surface area (Å²) in [6, 6.07) is 7.36. The van der Waals surface area contributed by atoms with E-state index in [0.717, 1.165) is 31.4 Å². The second kappa shape index (κ2) is 6.74. The summed E-state index contributed by atoms with van der Waals surface area (Å²) < 4.78 is 12.8. The van der Waals surface area contributed by atoms with Crippen LogP contribution in [0.4, 0.5) is 10.1 Å². The largest absolute Gasteiger partial charge is 0.384 e. The maximum Gasteiger partial charge on any atom is 0.123 e. The van der Waals surface area contributed by atoms with Gasteiger partial charge in [-0.05, 0) is 43.7 Å². The highest BCUT2D eigenvalue weighted by atomic mass is 19.1. The minimum absolute atomic E-state index is 0.179. The fourth-order valence-corrected chi connectivity index (χ4v) is 2.78. The molecule has 18 heavy (non-hydrogen) atoms. The molecule has 2 rings (SSSR count). The predicted molar refractivity (Wildman–Crippen MR) is 74.4 cm³/mol. The van der Waals surface area contributed by atoms with Crippen molar-refractivity contribution in [2.75, 3.05) is 25.0 Å². The van der Waals surface area contributed by atoms with Crippen LogP contribution in [0.1, 0.15) is 32.6 Å². The molecule has 100 valence electrons. The molecule has 0 atom stereocenters. The predicted octanol–water partition coefficient (Wildman–Crippen LogP) is 3.50. The number of likely N-dealkylation sites (N-methyl/N-ethyl adjacent to an activating group) is 1. The Hall–Kier alpha value is -1.09. The number of halogens is 1. The average Bonchev–Trinajstić information content (AvgIpc) is 2.91. The van der Waals surface area contributed by atoms with E-state index in [0.29, 0.717) is 0 Å². The number of nitrogens with zero attached hydrogens (tertiary/aromatic N) is 1. The fraction of sp³-hybridized carbons (Fsp3) is 0.600. The molecule has 1 aliphatic rings. The van der Waals surface area contributed by atoms with Gasteiger partial charge < -0.3 is 5.32 Å². The molecule has 0 spiro atoms. The Morgan fingerprint density at radius 1 is 1.22 bits per heavy atom. The van der Waals surface area contributed by atoms with E-state index in [9.17, 15) is 4.39 Å². The van der Waals surface area contributed by atoms with Gasteiger partial charge in [-0.25, -0.2) is 4.39 Å². The SMILES string of the molecule is CCN(CCNc1ccc(F)cc1)C1CCCC1. The molecule has 1 saturated carbocycles. The molecular formula is C15H23FN2. The summed E-state index contributed by atoms with van der Waals surface area (Å²) in [6.07, 6.45) is 5.47. The zero-order valence-electron chi connectivity index (χ0n) is 11.2. The Bertz CT molecular complexity index is 344. The van der Waals surface area contributed by atoms with Gasteiger partial charge >= 0.3 is 0 Å². The van der Waals surface area contributed by atoms with Crippen LogP contribution in [0.25, 0.3) is 0 Å². The van der Waals surface area contributed by atoms with Crippen molar-refractivity contribution in [3.63, 3.8) is 0 Å². The summed E-state index contributed by atoms with van der Waals surface area (Å²) in [5, 5.41) is 3.35. The number of rotatable bonds is 6. The first-order chi connectivity index (χ1) is 8.79. The first-order valence-corrected chi connectivity index (χ1v) is 7.03. The summed E-state index contributed by atoms with van der Waals surface area (Å²) in [4.78, 5) is 2.56.